The first kappa shape index (κ1) is 24.2. The van der Waals surface area contributed by atoms with Gasteiger partial charge in [-0.25, -0.2) is 18.6 Å². The van der Waals surface area contributed by atoms with E-state index in [1.807, 2.05) is 44.4 Å². The Morgan fingerprint density at radius 1 is 1.16 bits per heavy atom. The van der Waals surface area contributed by atoms with Gasteiger partial charge in [0, 0.05) is 12.6 Å². The van der Waals surface area contributed by atoms with Gasteiger partial charge in [0.05, 0.1) is 6.61 Å². The average molecular weight is 463 g/mol. The highest BCUT2D eigenvalue weighted by molar-refractivity contribution is 8.15. The van der Waals surface area contributed by atoms with E-state index in [4.69, 9.17) is 4.84 Å². The molecule has 2 aromatic carbocycles. The van der Waals surface area contributed by atoms with Gasteiger partial charge in [-0.2, -0.15) is 10.1 Å². The van der Waals surface area contributed by atoms with Crippen LogP contribution in [0, 0.1) is 11.6 Å². The van der Waals surface area contributed by atoms with Gasteiger partial charge in [0.15, 0.2) is 0 Å². The molecule has 1 unspecified atom stereocenters. The maximum absolute atomic E-state index is 14.6. The molecular formula is C23H28F2N4O2S. The Bertz CT molecular complexity index is 974. The van der Waals surface area contributed by atoms with Crippen molar-refractivity contribution in [3.05, 3.63) is 71.3 Å². The van der Waals surface area contributed by atoms with Gasteiger partial charge in [-0.15, -0.1) is 0 Å². The van der Waals surface area contributed by atoms with Crippen LogP contribution < -0.4 is 0 Å². The summed E-state index contributed by atoms with van der Waals surface area (Å²) in [5, 5.41) is 7.23. The molecule has 2 aromatic rings. The zero-order chi connectivity index (χ0) is 23.3. The molecule has 32 heavy (non-hydrogen) atoms. The summed E-state index contributed by atoms with van der Waals surface area (Å²) in [5.41, 5.74) is 0.870. The first-order valence-corrected chi connectivity index (χ1v) is 11.2. The SMILES string of the molecule is CCON(C)C(=O)N1N=C(c2cc(F)ccc2F)SC1(CCCN(C)C)c1ccccc1. The Labute approximate surface area is 191 Å². The van der Waals surface area contributed by atoms with Crippen molar-refractivity contribution in [3.8, 4) is 0 Å². The van der Waals surface area contributed by atoms with Crippen LogP contribution in [0.1, 0.15) is 30.9 Å². The summed E-state index contributed by atoms with van der Waals surface area (Å²) in [6.07, 6.45) is 1.31. The highest BCUT2D eigenvalue weighted by Crippen LogP contribution is 2.51. The van der Waals surface area contributed by atoms with Crippen molar-refractivity contribution in [1.82, 2.24) is 15.0 Å². The highest BCUT2D eigenvalue weighted by Gasteiger charge is 2.49. The van der Waals surface area contributed by atoms with Gasteiger partial charge in [0.2, 0.25) is 0 Å². The van der Waals surface area contributed by atoms with E-state index in [-0.39, 0.29) is 10.6 Å². The molecule has 0 radical (unpaired) electrons. The fraction of sp³-hybridized carbons (Fsp3) is 0.391. The van der Waals surface area contributed by atoms with Crippen LogP contribution in [0.25, 0.3) is 0 Å². The molecule has 172 valence electrons. The van der Waals surface area contributed by atoms with Gasteiger partial charge in [-0.05, 0) is 64.2 Å². The van der Waals surface area contributed by atoms with E-state index in [9.17, 15) is 13.6 Å². The highest BCUT2D eigenvalue weighted by atomic mass is 32.2. The summed E-state index contributed by atoms with van der Waals surface area (Å²) in [6, 6.07) is 12.3. The molecule has 0 bridgehead atoms. The smallest absolute Gasteiger partial charge is 0.309 e. The van der Waals surface area contributed by atoms with Crippen molar-refractivity contribution in [2.45, 2.75) is 24.6 Å². The molecule has 1 aliphatic heterocycles. The number of carbonyl (C=O) groups excluding carboxylic acids is 1. The third kappa shape index (κ3) is 5.11. The van der Waals surface area contributed by atoms with Crippen LogP contribution in [0.4, 0.5) is 13.6 Å². The van der Waals surface area contributed by atoms with Gasteiger partial charge < -0.3 is 4.90 Å². The van der Waals surface area contributed by atoms with Crippen molar-refractivity contribution in [2.75, 3.05) is 34.3 Å². The number of halogens is 2. The van der Waals surface area contributed by atoms with Crippen LogP contribution in [0.5, 0.6) is 0 Å². The lowest BCUT2D eigenvalue weighted by Crippen LogP contribution is -2.47. The molecular weight excluding hydrogens is 434 g/mol. The zero-order valence-electron chi connectivity index (χ0n) is 18.7. The number of hydroxylamine groups is 2. The van der Waals surface area contributed by atoms with E-state index in [1.165, 1.54) is 23.8 Å². The first-order chi connectivity index (χ1) is 15.3. The molecule has 0 spiro atoms. The average Bonchev–Trinajstić information content (AvgIpc) is 3.16. The lowest BCUT2D eigenvalue weighted by molar-refractivity contribution is -0.105. The maximum atomic E-state index is 14.6. The van der Waals surface area contributed by atoms with Crippen LogP contribution in [0.15, 0.2) is 53.6 Å². The number of hydrogen-bond acceptors (Lipinski definition) is 5. The quantitative estimate of drug-likeness (QED) is 0.525. The monoisotopic (exact) mass is 462 g/mol. The third-order valence-electron chi connectivity index (χ3n) is 5.08. The Hall–Kier alpha value is -2.49. The van der Waals surface area contributed by atoms with Crippen molar-refractivity contribution in [2.24, 2.45) is 5.10 Å². The summed E-state index contributed by atoms with van der Waals surface area (Å²) in [7, 11) is 5.47. The van der Waals surface area contributed by atoms with Crippen molar-refractivity contribution >= 4 is 22.8 Å². The largest absolute Gasteiger partial charge is 0.365 e. The van der Waals surface area contributed by atoms with E-state index in [2.05, 4.69) is 10.0 Å². The molecule has 3 rings (SSSR count). The molecule has 1 atom stereocenters. The van der Waals surface area contributed by atoms with Gasteiger partial charge in [-0.3, -0.25) is 4.84 Å². The zero-order valence-corrected chi connectivity index (χ0v) is 19.5. The summed E-state index contributed by atoms with van der Waals surface area (Å²) in [5.74, 6) is -1.17. The predicted molar refractivity (Wildman–Crippen MR) is 123 cm³/mol. The lowest BCUT2D eigenvalue weighted by atomic mass is 10.0. The molecule has 1 aliphatic rings. The minimum absolute atomic E-state index is 0.0253. The van der Waals surface area contributed by atoms with Gasteiger partial charge >= 0.3 is 6.03 Å². The number of benzene rings is 2. The van der Waals surface area contributed by atoms with Gasteiger partial charge in [-0.1, -0.05) is 42.1 Å². The van der Waals surface area contributed by atoms with Crippen LogP contribution >= 0.6 is 11.8 Å². The fourth-order valence-electron chi connectivity index (χ4n) is 3.56. The molecule has 0 N–H and O–H groups in total. The number of hydrogen-bond donors (Lipinski definition) is 0. The fourth-order valence-corrected chi connectivity index (χ4v) is 4.98. The number of amides is 2. The third-order valence-corrected chi connectivity index (χ3v) is 6.52. The maximum Gasteiger partial charge on any atom is 0.365 e. The van der Waals surface area contributed by atoms with E-state index < -0.39 is 22.5 Å². The molecule has 0 saturated heterocycles. The number of hydrazone groups is 1. The standard InChI is InChI=1S/C23H28F2N4O2S/c1-5-31-28(4)22(30)29-23(14-9-15-27(2)3,17-10-7-6-8-11-17)32-21(26-29)19-16-18(24)12-13-20(19)25/h6-8,10-13,16H,5,9,14-15H2,1-4H3. The predicted octanol–water partition coefficient (Wildman–Crippen LogP) is 4.87. The number of urea groups is 1. The second-order valence-corrected chi connectivity index (χ2v) is 8.96. The second kappa shape index (κ2) is 10.4. The molecule has 2 amide bonds. The van der Waals surface area contributed by atoms with Crippen molar-refractivity contribution in [1.29, 1.82) is 0 Å². The Morgan fingerprint density at radius 2 is 1.88 bits per heavy atom. The van der Waals surface area contributed by atoms with Crippen LogP contribution in [0.3, 0.4) is 0 Å². The van der Waals surface area contributed by atoms with Gasteiger partial charge in [0.25, 0.3) is 0 Å². The number of nitrogens with zero attached hydrogens (tertiary/aromatic N) is 4. The Morgan fingerprint density at radius 3 is 2.53 bits per heavy atom. The molecule has 0 aromatic heterocycles. The Balaban J connectivity index is 2.11. The minimum Gasteiger partial charge on any atom is -0.309 e. The topological polar surface area (TPSA) is 48.4 Å². The van der Waals surface area contributed by atoms with Crippen LogP contribution in [0.2, 0.25) is 0 Å². The Kier molecular flexibility index (Phi) is 7.86. The van der Waals surface area contributed by atoms with E-state index >= 15 is 0 Å². The van der Waals surface area contributed by atoms with E-state index in [0.29, 0.717) is 13.0 Å². The number of rotatable bonds is 8. The summed E-state index contributed by atoms with van der Waals surface area (Å²) >= 11 is 1.26. The molecule has 9 heteroatoms. The number of carbonyl (C=O) groups is 1. The van der Waals surface area contributed by atoms with Crippen molar-refractivity contribution < 1.29 is 18.4 Å². The molecule has 0 saturated carbocycles. The number of thioether (sulfide) groups is 1. The molecule has 0 fully saturated rings. The normalized spacial score (nSPS) is 18.2. The molecule has 0 aliphatic carbocycles. The van der Waals surface area contributed by atoms with Crippen LogP contribution in [-0.2, 0) is 9.71 Å². The van der Waals surface area contributed by atoms with Crippen molar-refractivity contribution in [3.63, 3.8) is 0 Å². The lowest BCUT2D eigenvalue weighted by Gasteiger charge is -2.37. The van der Waals surface area contributed by atoms with Gasteiger partial charge in [0.1, 0.15) is 21.5 Å². The van der Waals surface area contributed by atoms with E-state index in [0.717, 1.165) is 41.8 Å². The summed E-state index contributed by atoms with van der Waals surface area (Å²) < 4.78 is 28.6. The first-order valence-electron chi connectivity index (χ1n) is 10.4. The van der Waals surface area contributed by atoms with E-state index in [1.54, 1.807) is 6.92 Å². The molecule has 6 nitrogen and oxygen atoms in total. The summed E-state index contributed by atoms with van der Waals surface area (Å²) in [4.78, 5) is 19.9. The van der Waals surface area contributed by atoms with Crippen LogP contribution in [-0.4, -0.2) is 60.3 Å². The minimum atomic E-state index is -0.937. The summed E-state index contributed by atoms with van der Waals surface area (Å²) in [6.45, 7) is 2.88. The molecule has 1 heterocycles. The second-order valence-electron chi connectivity index (χ2n) is 7.70.